The topological polar surface area (TPSA) is 42.4 Å². The van der Waals surface area contributed by atoms with Crippen molar-refractivity contribution in [3.63, 3.8) is 0 Å². The van der Waals surface area contributed by atoms with Gasteiger partial charge in [0.15, 0.2) is 0 Å². The molecule has 0 aliphatic rings. The zero-order valence-electron chi connectivity index (χ0n) is 11.6. The molecule has 19 heavy (non-hydrogen) atoms. The fourth-order valence-electron chi connectivity index (χ4n) is 2.15. The largest absolute Gasteiger partial charge is 0.493 e. The quantitative estimate of drug-likeness (QED) is 0.914. The first-order valence-corrected chi connectivity index (χ1v) is 6.46. The second-order valence-electron chi connectivity index (χ2n) is 4.59. The van der Waals surface area contributed by atoms with E-state index in [2.05, 4.69) is 4.98 Å². The molecule has 1 unspecified atom stereocenters. The van der Waals surface area contributed by atoms with E-state index in [1.807, 2.05) is 51.1 Å². The van der Waals surface area contributed by atoms with E-state index in [9.17, 15) is 5.11 Å². The van der Waals surface area contributed by atoms with Crippen LogP contribution in [0.2, 0.25) is 0 Å². The van der Waals surface area contributed by atoms with Crippen LogP contribution < -0.4 is 4.74 Å². The Morgan fingerprint density at radius 1 is 1.26 bits per heavy atom. The van der Waals surface area contributed by atoms with Gasteiger partial charge < -0.3 is 9.84 Å². The van der Waals surface area contributed by atoms with Crippen molar-refractivity contribution in [2.75, 3.05) is 6.61 Å². The number of para-hydroxylation sites is 1. The van der Waals surface area contributed by atoms with E-state index in [-0.39, 0.29) is 0 Å². The molecule has 0 saturated carbocycles. The van der Waals surface area contributed by atoms with Crippen LogP contribution in [-0.2, 0) is 0 Å². The molecular weight excluding hydrogens is 238 g/mol. The van der Waals surface area contributed by atoms with Crippen LogP contribution in [-0.4, -0.2) is 16.7 Å². The van der Waals surface area contributed by atoms with E-state index in [0.717, 1.165) is 16.7 Å². The second kappa shape index (κ2) is 5.85. The summed E-state index contributed by atoms with van der Waals surface area (Å²) in [4.78, 5) is 4.35. The van der Waals surface area contributed by atoms with Crippen molar-refractivity contribution in [1.82, 2.24) is 4.98 Å². The maximum atomic E-state index is 10.5. The number of aliphatic hydroxyl groups excluding tert-OH is 1. The third-order valence-corrected chi connectivity index (χ3v) is 3.03. The minimum absolute atomic E-state index is 0.573. The second-order valence-corrected chi connectivity index (χ2v) is 4.59. The lowest BCUT2D eigenvalue weighted by Gasteiger charge is -2.17. The van der Waals surface area contributed by atoms with Crippen molar-refractivity contribution in [2.45, 2.75) is 26.9 Å². The molecule has 100 valence electrons. The van der Waals surface area contributed by atoms with Crippen molar-refractivity contribution in [3.05, 3.63) is 58.9 Å². The monoisotopic (exact) mass is 257 g/mol. The smallest absolute Gasteiger partial charge is 0.125 e. The number of hydrogen-bond acceptors (Lipinski definition) is 3. The third-order valence-electron chi connectivity index (χ3n) is 3.03. The Morgan fingerprint density at radius 3 is 2.68 bits per heavy atom. The van der Waals surface area contributed by atoms with Crippen LogP contribution in [0.1, 0.15) is 35.4 Å². The maximum absolute atomic E-state index is 10.5. The number of pyridine rings is 1. The van der Waals surface area contributed by atoms with E-state index >= 15 is 0 Å². The lowest BCUT2D eigenvalue weighted by molar-refractivity contribution is 0.206. The molecule has 1 aromatic carbocycles. The Labute approximate surface area is 113 Å². The van der Waals surface area contributed by atoms with Gasteiger partial charge in [-0.2, -0.15) is 0 Å². The highest BCUT2D eigenvalue weighted by Crippen LogP contribution is 2.30. The fourth-order valence-corrected chi connectivity index (χ4v) is 2.15. The van der Waals surface area contributed by atoms with Gasteiger partial charge in [-0.25, -0.2) is 0 Å². The standard InChI is InChI=1S/C16H19NO2/c1-4-19-14-8-6-5-7-13(14)16(18)15-12(3)9-11(2)10-17-15/h5-10,16,18H,4H2,1-3H3. The molecule has 0 radical (unpaired) electrons. The summed E-state index contributed by atoms with van der Waals surface area (Å²) in [5.74, 6) is 0.708. The molecule has 0 fully saturated rings. The predicted octanol–water partition coefficient (Wildman–Crippen LogP) is 3.18. The highest BCUT2D eigenvalue weighted by molar-refractivity contribution is 5.40. The average Bonchev–Trinajstić information content (AvgIpc) is 2.39. The predicted molar refractivity (Wildman–Crippen MR) is 75.4 cm³/mol. The molecule has 2 aromatic rings. The minimum Gasteiger partial charge on any atom is -0.493 e. The van der Waals surface area contributed by atoms with Crippen LogP contribution in [0.25, 0.3) is 0 Å². The van der Waals surface area contributed by atoms with Gasteiger partial charge in [0, 0.05) is 11.8 Å². The Kier molecular flexibility index (Phi) is 4.17. The van der Waals surface area contributed by atoms with Crippen LogP contribution in [0.15, 0.2) is 36.5 Å². The molecule has 0 saturated heterocycles. The van der Waals surface area contributed by atoms with E-state index in [1.165, 1.54) is 0 Å². The van der Waals surface area contributed by atoms with Crippen molar-refractivity contribution in [1.29, 1.82) is 0 Å². The molecule has 0 bridgehead atoms. The first-order chi connectivity index (χ1) is 9.13. The highest BCUT2D eigenvalue weighted by atomic mass is 16.5. The first-order valence-electron chi connectivity index (χ1n) is 6.46. The third kappa shape index (κ3) is 2.93. The van der Waals surface area contributed by atoms with Crippen LogP contribution in [0, 0.1) is 13.8 Å². The van der Waals surface area contributed by atoms with Crippen LogP contribution in [0.3, 0.4) is 0 Å². The van der Waals surface area contributed by atoms with E-state index < -0.39 is 6.10 Å². The summed E-state index contributed by atoms with van der Waals surface area (Å²) in [6.45, 7) is 6.45. The molecule has 0 spiro atoms. The highest BCUT2D eigenvalue weighted by Gasteiger charge is 2.18. The number of aliphatic hydroxyl groups is 1. The van der Waals surface area contributed by atoms with Crippen molar-refractivity contribution in [3.8, 4) is 5.75 Å². The molecule has 0 aliphatic heterocycles. The molecule has 1 N–H and O–H groups in total. The summed E-state index contributed by atoms with van der Waals surface area (Å²) < 4.78 is 5.56. The van der Waals surface area contributed by atoms with Gasteiger partial charge in [0.2, 0.25) is 0 Å². The Bertz CT molecular complexity index is 566. The number of benzene rings is 1. The number of hydrogen-bond donors (Lipinski definition) is 1. The summed E-state index contributed by atoms with van der Waals surface area (Å²) in [7, 11) is 0. The molecule has 1 heterocycles. The Morgan fingerprint density at radius 2 is 2.00 bits per heavy atom. The summed E-state index contributed by atoms with van der Waals surface area (Å²) >= 11 is 0. The van der Waals surface area contributed by atoms with Gasteiger partial charge in [0.25, 0.3) is 0 Å². The fraction of sp³-hybridized carbons (Fsp3) is 0.312. The lowest BCUT2D eigenvalue weighted by atomic mass is 10.0. The van der Waals surface area contributed by atoms with Crippen molar-refractivity contribution in [2.24, 2.45) is 0 Å². The average molecular weight is 257 g/mol. The summed E-state index contributed by atoms with van der Waals surface area (Å²) in [6.07, 6.45) is 1.01. The molecule has 0 amide bonds. The zero-order chi connectivity index (χ0) is 13.8. The maximum Gasteiger partial charge on any atom is 0.125 e. The van der Waals surface area contributed by atoms with Gasteiger partial charge in [-0.3, -0.25) is 4.98 Å². The summed E-state index contributed by atoms with van der Waals surface area (Å²) in [5.41, 5.74) is 3.51. The summed E-state index contributed by atoms with van der Waals surface area (Å²) in [5, 5.41) is 10.5. The van der Waals surface area contributed by atoms with E-state index in [4.69, 9.17) is 4.74 Å². The van der Waals surface area contributed by atoms with Crippen molar-refractivity contribution < 1.29 is 9.84 Å². The van der Waals surface area contributed by atoms with Crippen LogP contribution in [0.5, 0.6) is 5.75 Å². The normalized spacial score (nSPS) is 12.2. The first kappa shape index (κ1) is 13.6. The molecule has 1 atom stereocenters. The number of rotatable bonds is 4. The molecule has 0 aliphatic carbocycles. The van der Waals surface area contributed by atoms with Gasteiger partial charge in [0.05, 0.1) is 12.3 Å². The van der Waals surface area contributed by atoms with Crippen LogP contribution >= 0.6 is 0 Å². The number of nitrogens with zero attached hydrogens (tertiary/aromatic N) is 1. The summed E-state index contributed by atoms with van der Waals surface area (Å²) in [6, 6.07) is 9.55. The number of aromatic nitrogens is 1. The zero-order valence-corrected chi connectivity index (χ0v) is 11.6. The minimum atomic E-state index is -0.761. The van der Waals surface area contributed by atoms with E-state index in [0.29, 0.717) is 18.1 Å². The number of aryl methyl sites for hydroxylation is 2. The number of ether oxygens (including phenoxy) is 1. The Balaban J connectivity index is 2.41. The van der Waals surface area contributed by atoms with Gasteiger partial charge >= 0.3 is 0 Å². The molecule has 1 aromatic heterocycles. The lowest BCUT2D eigenvalue weighted by Crippen LogP contribution is -2.07. The molecule has 3 heteroatoms. The molecular formula is C16H19NO2. The molecule has 2 rings (SSSR count). The van der Waals surface area contributed by atoms with Gasteiger partial charge in [-0.1, -0.05) is 24.3 Å². The van der Waals surface area contributed by atoms with Crippen molar-refractivity contribution >= 4 is 0 Å². The SMILES string of the molecule is CCOc1ccccc1C(O)c1ncc(C)cc1C. The van der Waals surface area contributed by atoms with Gasteiger partial charge in [0.1, 0.15) is 11.9 Å². The Hall–Kier alpha value is -1.87. The van der Waals surface area contributed by atoms with E-state index in [1.54, 1.807) is 6.20 Å². The van der Waals surface area contributed by atoms with Gasteiger partial charge in [-0.05, 0) is 38.0 Å². The molecule has 3 nitrogen and oxygen atoms in total. The van der Waals surface area contributed by atoms with Crippen LogP contribution in [0.4, 0.5) is 0 Å². The van der Waals surface area contributed by atoms with Gasteiger partial charge in [-0.15, -0.1) is 0 Å².